The quantitative estimate of drug-likeness (QED) is 0.447. The van der Waals surface area contributed by atoms with Gasteiger partial charge in [0.05, 0.1) is 6.61 Å². The van der Waals surface area contributed by atoms with E-state index in [-0.39, 0.29) is 17.2 Å². The van der Waals surface area contributed by atoms with Gasteiger partial charge < -0.3 is 20.1 Å². The van der Waals surface area contributed by atoms with Crippen LogP contribution in [-0.4, -0.2) is 59.8 Å². The molecule has 0 saturated carbocycles. The fourth-order valence-corrected chi connectivity index (χ4v) is 2.42. The molecule has 4 atom stereocenters. The van der Waals surface area contributed by atoms with Gasteiger partial charge in [-0.1, -0.05) is 0 Å². The lowest BCUT2D eigenvalue weighted by atomic mass is 10.1. The van der Waals surface area contributed by atoms with Crippen molar-refractivity contribution in [1.82, 2.24) is 19.5 Å². The second-order valence-electron chi connectivity index (χ2n) is 4.92. The molecular formula is C12H11N5O6. The van der Waals surface area contributed by atoms with Gasteiger partial charge >= 0.3 is 5.69 Å². The average Bonchev–Trinajstić information content (AvgIpc) is 2.82. The molecule has 0 bridgehead atoms. The van der Waals surface area contributed by atoms with Gasteiger partial charge in [-0.25, -0.2) is 9.78 Å². The highest BCUT2D eigenvalue weighted by molar-refractivity contribution is 5.50. The molecule has 4 N–H and O–H groups in total. The molecule has 0 aliphatic carbocycles. The number of nitrogens with zero attached hydrogens (tertiary/aromatic N) is 4. The maximum Gasteiger partial charge on any atom is 0.349 e. The van der Waals surface area contributed by atoms with Gasteiger partial charge in [-0.05, 0) is 0 Å². The molecule has 0 radical (unpaired) electrons. The van der Waals surface area contributed by atoms with Crippen molar-refractivity contribution < 1.29 is 20.1 Å². The van der Waals surface area contributed by atoms with E-state index in [4.69, 9.17) is 15.1 Å². The van der Waals surface area contributed by atoms with E-state index in [2.05, 4.69) is 9.97 Å². The molecule has 11 nitrogen and oxygen atoms in total. The summed E-state index contributed by atoms with van der Waals surface area (Å²) in [5.41, 5.74) is -2.25. The monoisotopic (exact) mass is 321 g/mol. The third-order valence-electron chi connectivity index (χ3n) is 3.50. The highest BCUT2D eigenvalue weighted by Gasteiger charge is 2.44. The summed E-state index contributed by atoms with van der Waals surface area (Å²) in [5, 5.41) is 38.0. The summed E-state index contributed by atoms with van der Waals surface area (Å²) in [6.45, 7) is -0.551. The Bertz CT molecular complexity index is 870. The molecule has 23 heavy (non-hydrogen) atoms. The first-order chi connectivity index (χ1) is 11.0. The van der Waals surface area contributed by atoms with E-state index in [1.807, 2.05) is 4.98 Å². The standard InChI is InChI=1S/C12H11N5O6/c13-1-4-2-17(11-8(20)7(19)5(3-18)23-11)9-6(14-4)10(21)16-12(22)15-9/h2,5,7-8,11,18-20H,3H2,(H,16,21,22)/t5-,7-,8-,11+/m1/s1. The van der Waals surface area contributed by atoms with E-state index in [9.17, 15) is 19.8 Å². The summed E-state index contributed by atoms with van der Waals surface area (Å²) in [7, 11) is 0. The lowest BCUT2D eigenvalue weighted by molar-refractivity contribution is -0.0527. The molecule has 3 heterocycles. The SMILES string of the molecule is N#Cc1cn([C@H]2O[C@H](CO)[C@@H](O)[C@H]2O)c2nc(=O)[nH]c(=O)c-2n1. The van der Waals surface area contributed by atoms with Gasteiger partial charge in [0.1, 0.15) is 24.4 Å². The number of H-pyrrole nitrogens is 1. The number of ether oxygens (including phenoxy) is 1. The first kappa shape index (κ1) is 15.3. The number of nitriles is 1. The molecule has 3 aliphatic rings. The third-order valence-corrected chi connectivity index (χ3v) is 3.50. The second kappa shape index (κ2) is 5.52. The molecule has 0 amide bonds. The van der Waals surface area contributed by atoms with E-state index in [1.54, 1.807) is 6.07 Å². The van der Waals surface area contributed by atoms with Crippen LogP contribution in [0.25, 0.3) is 11.5 Å². The highest BCUT2D eigenvalue weighted by atomic mass is 16.6. The maximum absolute atomic E-state index is 11.8. The number of hydrogen-bond acceptors (Lipinski definition) is 9. The van der Waals surface area contributed by atoms with Crippen molar-refractivity contribution in [2.45, 2.75) is 24.5 Å². The van der Waals surface area contributed by atoms with Gasteiger partial charge in [-0.15, -0.1) is 0 Å². The van der Waals surface area contributed by atoms with Crippen LogP contribution in [0.4, 0.5) is 0 Å². The van der Waals surface area contributed by atoms with Crippen LogP contribution in [0.5, 0.6) is 0 Å². The smallest absolute Gasteiger partial charge is 0.349 e. The molecular weight excluding hydrogens is 310 g/mol. The van der Waals surface area contributed by atoms with E-state index < -0.39 is 42.4 Å². The van der Waals surface area contributed by atoms with Crippen LogP contribution in [0.2, 0.25) is 0 Å². The minimum Gasteiger partial charge on any atom is -0.394 e. The van der Waals surface area contributed by atoms with Gasteiger partial charge in [0.25, 0.3) is 5.56 Å². The first-order valence-electron chi connectivity index (χ1n) is 6.52. The van der Waals surface area contributed by atoms with E-state index in [0.717, 1.165) is 10.8 Å². The Labute approximate surface area is 127 Å². The van der Waals surface area contributed by atoms with Crippen molar-refractivity contribution in [3.8, 4) is 17.6 Å². The predicted octanol–water partition coefficient (Wildman–Crippen LogP) is -3.09. The fourth-order valence-electron chi connectivity index (χ4n) is 2.42. The Balaban J connectivity index is 2.23. The van der Waals surface area contributed by atoms with Crippen molar-refractivity contribution in [2.75, 3.05) is 6.61 Å². The predicted molar refractivity (Wildman–Crippen MR) is 71.3 cm³/mol. The molecule has 0 aromatic carbocycles. The first-order valence-corrected chi connectivity index (χ1v) is 6.52. The summed E-state index contributed by atoms with van der Waals surface area (Å²) < 4.78 is 6.40. The zero-order valence-corrected chi connectivity index (χ0v) is 11.4. The number of nitrogens with one attached hydrogen (secondary N) is 1. The number of aliphatic hydroxyl groups excluding tert-OH is 3. The van der Waals surface area contributed by atoms with Crippen molar-refractivity contribution in [3.63, 3.8) is 0 Å². The van der Waals surface area contributed by atoms with Crippen LogP contribution < -0.4 is 11.2 Å². The molecule has 11 heteroatoms. The van der Waals surface area contributed by atoms with Crippen LogP contribution >= 0.6 is 0 Å². The summed E-state index contributed by atoms with van der Waals surface area (Å²) in [4.78, 5) is 32.6. The molecule has 0 spiro atoms. The number of aliphatic hydroxyl groups is 3. The van der Waals surface area contributed by atoms with E-state index >= 15 is 0 Å². The second-order valence-corrected chi connectivity index (χ2v) is 4.92. The Kier molecular flexibility index (Phi) is 3.66. The molecule has 0 unspecified atom stereocenters. The average molecular weight is 321 g/mol. The van der Waals surface area contributed by atoms with Crippen molar-refractivity contribution in [3.05, 3.63) is 32.7 Å². The normalized spacial score (nSPS) is 27.2. The molecule has 120 valence electrons. The molecule has 0 aromatic rings. The Morgan fingerprint density at radius 2 is 2.09 bits per heavy atom. The van der Waals surface area contributed by atoms with Crippen LogP contribution in [0.1, 0.15) is 11.9 Å². The Morgan fingerprint density at radius 1 is 1.35 bits per heavy atom. The Hall–Kier alpha value is -2.65. The summed E-state index contributed by atoms with van der Waals surface area (Å²) in [6, 6.07) is 1.74. The van der Waals surface area contributed by atoms with E-state index in [0.29, 0.717) is 0 Å². The van der Waals surface area contributed by atoms with Gasteiger partial charge in [-0.2, -0.15) is 10.2 Å². The number of aromatic amines is 1. The number of rotatable bonds is 2. The molecule has 0 aromatic heterocycles. The van der Waals surface area contributed by atoms with Gasteiger partial charge in [0.15, 0.2) is 23.4 Å². The van der Waals surface area contributed by atoms with Gasteiger partial charge in [0, 0.05) is 6.20 Å². The topological polar surface area (TPSA) is 174 Å². The zero-order chi connectivity index (χ0) is 16.7. The van der Waals surface area contributed by atoms with Gasteiger partial charge in [0.2, 0.25) is 0 Å². The summed E-state index contributed by atoms with van der Waals surface area (Å²) >= 11 is 0. The summed E-state index contributed by atoms with van der Waals surface area (Å²) in [6.07, 6.45) is -4.04. The van der Waals surface area contributed by atoms with Crippen LogP contribution in [-0.2, 0) is 4.74 Å². The lowest BCUT2D eigenvalue weighted by Gasteiger charge is -2.21. The fraction of sp³-hybridized carbons (Fsp3) is 0.417. The summed E-state index contributed by atoms with van der Waals surface area (Å²) in [5.74, 6) is -0.215. The van der Waals surface area contributed by atoms with Gasteiger partial charge in [-0.3, -0.25) is 14.3 Å². The van der Waals surface area contributed by atoms with Crippen molar-refractivity contribution in [1.29, 1.82) is 5.26 Å². The highest BCUT2D eigenvalue weighted by Crippen LogP contribution is 2.31. The van der Waals surface area contributed by atoms with Crippen LogP contribution in [0.15, 0.2) is 15.8 Å². The zero-order valence-electron chi connectivity index (χ0n) is 11.4. The van der Waals surface area contributed by atoms with Crippen molar-refractivity contribution >= 4 is 0 Å². The van der Waals surface area contributed by atoms with Crippen LogP contribution in [0, 0.1) is 11.3 Å². The minimum absolute atomic E-state index is 0.179. The largest absolute Gasteiger partial charge is 0.394 e. The molecule has 3 rings (SSSR count). The molecule has 3 aliphatic heterocycles. The maximum atomic E-state index is 11.8. The number of hydrogen-bond donors (Lipinski definition) is 4. The Morgan fingerprint density at radius 3 is 2.70 bits per heavy atom. The van der Waals surface area contributed by atoms with Crippen molar-refractivity contribution in [2.24, 2.45) is 0 Å². The lowest BCUT2D eigenvalue weighted by Crippen LogP contribution is -2.35. The molecule has 1 fully saturated rings. The number of fused-ring (bicyclic) bond motifs is 1. The third kappa shape index (κ3) is 2.39. The van der Waals surface area contributed by atoms with E-state index in [1.165, 1.54) is 0 Å². The van der Waals surface area contributed by atoms with Crippen LogP contribution in [0.3, 0.4) is 0 Å². The number of aromatic nitrogens is 4. The minimum atomic E-state index is -1.47. The molecule has 1 saturated heterocycles.